The summed E-state index contributed by atoms with van der Waals surface area (Å²) in [5.41, 5.74) is 0. The molecule has 0 radical (unpaired) electrons. The molecule has 0 aliphatic heterocycles. The Morgan fingerprint density at radius 1 is 1.07 bits per heavy atom. The second kappa shape index (κ2) is 10.1. The third-order valence-corrected chi connectivity index (χ3v) is 5.98. The Labute approximate surface area is 165 Å². The Morgan fingerprint density at radius 2 is 1.81 bits per heavy atom. The van der Waals surface area contributed by atoms with Crippen molar-refractivity contribution in [1.82, 2.24) is 25.4 Å². The van der Waals surface area contributed by atoms with Crippen molar-refractivity contribution < 1.29 is 9.59 Å². The lowest BCUT2D eigenvalue weighted by Gasteiger charge is -2.16. The number of hydrogen-bond donors (Lipinski definition) is 2. The molecule has 0 saturated heterocycles. The van der Waals surface area contributed by atoms with Gasteiger partial charge in [0.1, 0.15) is 5.82 Å². The molecule has 1 aromatic rings. The summed E-state index contributed by atoms with van der Waals surface area (Å²) in [5.74, 6) is 1.48. The Bertz CT molecular complexity index is 638. The highest BCUT2D eigenvalue weighted by Gasteiger charge is 2.29. The number of aromatic nitrogens is 3. The van der Waals surface area contributed by atoms with E-state index in [2.05, 4.69) is 25.4 Å². The van der Waals surface area contributed by atoms with Crippen molar-refractivity contribution in [2.24, 2.45) is 5.92 Å². The molecule has 0 aromatic carbocycles. The molecular formula is C19H31N5O2S. The number of nitrogens with zero attached hydrogens (tertiary/aromatic N) is 3. The van der Waals surface area contributed by atoms with Gasteiger partial charge in [-0.25, -0.2) is 0 Å². The number of carbonyl (C=O) groups excluding carboxylic acids is 2. The monoisotopic (exact) mass is 393 g/mol. The van der Waals surface area contributed by atoms with Gasteiger partial charge in [0.2, 0.25) is 11.8 Å². The summed E-state index contributed by atoms with van der Waals surface area (Å²) in [6.07, 6.45) is 11.9. The highest BCUT2D eigenvalue weighted by molar-refractivity contribution is 7.98. The van der Waals surface area contributed by atoms with Crippen LogP contribution < -0.4 is 10.6 Å². The van der Waals surface area contributed by atoms with Gasteiger partial charge in [0.25, 0.3) is 0 Å². The fourth-order valence-electron chi connectivity index (χ4n) is 3.66. The summed E-state index contributed by atoms with van der Waals surface area (Å²) in [6.45, 7) is 1.24. The molecular weight excluding hydrogens is 362 g/mol. The molecule has 27 heavy (non-hydrogen) atoms. The predicted molar refractivity (Wildman–Crippen MR) is 106 cm³/mol. The van der Waals surface area contributed by atoms with Crippen molar-refractivity contribution in [2.75, 3.05) is 19.3 Å². The first-order valence-electron chi connectivity index (χ1n) is 10.2. The summed E-state index contributed by atoms with van der Waals surface area (Å²) < 4.78 is 2.32. The Balaban J connectivity index is 1.32. The third-order valence-electron chi connectivity index (χ3n) is 5.33. The molecule has 3 rings (SSSR count). The van der Waals surface area contributed by atoms with Crippen LogP contribution in [0.15, 0.2) is 5.16 Å². The number of amides is 2. The summed E-state index contributed by atoms with van der Waals surface area (Å²) in [6, 6.07) is 0.540. The van der Waals surface area contributed by atoms with Crippen LogP contribution in [0.2, 0.25) is 0 Å². The van der Waals surface area contributed by atoms with Crippen LogP contribution in [0.25, 0.3) is 0 Å². The number of hydrogen-bond acceptors (Lipinski definition) is 5. The maximum absolute atomic E-state index is 11.9. The number of thioether (sulfide) groups is 1. The predicted octanol–water partition coefficient (Wildman–Crippen LogP) is 2.47. The van der Waals surface area contributed by atoms with E-state index in [-0.39, 0.29) is 17.7 Å². The molecule has 2 fully saturated rings. The van der Waals surface area contributed by atoms with Crippen molar-refractivity contribution in [3.05, 3.63) is 5.82 Å². The summed E-state index contributed by atoms with van der Waals surface area (Å²) >= 11 is 1.66. The zero-order chi connectivity index (χ0) is 19.1. The van der Waals surface area contributed by atoms with Crippen LogP contribution in [-0.2, 0) is 16.0 Å². The molecule has 2 aliphatic carbocycles. The molecule has 0 bridgehead atoms. The third kappa shape index (κ3) is 5.96. The van der Waals surface area contributed by atoms with E-state index in [1.807, 2.05) is 6.26 Å². The Morgan fingerprint density at radius 3 is 2.52 bits per heavy atom. The molecule has 2 aliphatic rings. The second-order valence-electron chi connectivity index (χ2n) is 7.53. The first-order chi connectivity index (χ1) is 13.2. The largest absolute Gasteiger partial charge is 0.356 e. The molecule has 8 heteroatoms. The minimum Gasteiger partial charge on any atom is -0.356 e. The summed E-state index contributed by atoms with van der Waals surface area (Å²) in [4.78, 5) is 23.4. The Hall–Kier alpha value is -1.57. The summed E-state index contributed by atoms with van der Waals surface area (Å²) in [5, 5.41) is 15.6. The highest BCUT2D eigenvalue weighted by Crippen LogP contribution is 2.33. The number of aryl methyl sites for hydroxylation is 1. The van der Waals surface area contributed by atoms with Gasteiger partial charge in [-0.3, -0.25) is 9.59 Å². The van der Waals surface area contributed by atoms with Gasteiger partial charge < -0.3 is 15.2 Å². The zero-order valence-corrected chi connectivity index (χ0v) is 17.0. The molecule has 7 nitrogen and oxygen atoms in total. The molecule has 2 saturated carbocycles. The van der Waals surface area contributed by atoms with Crippen LogP contribution in [0, 0.1) is 5.92 Å². The maximum Gasteiger partial charge on any atom is 0.223 e. The highest BCUT2D eigenvalue weighted by atomic mass is 32.2. The molecule has 0 atom stereocenters. The minimum atomic E-state index is 0.0535. The maximum atomic E-state index is 11.9. The molecule has 0 unspecified atom stereocenters. The minimum absolute atomic E-state index is 0.0535. The lowest BCUT2D eigenvalue weighted by molar-refractivity contribution is -0.123. The van der Waals surface area contributed by atoms with Crippen LogP contribution >= 0.6 is 11.8 Å². The van der Waals surface area contributed by atoms with E-state index in [0.717, 1.165) is 36.7 Å². The van der Waals surface area contributed by atoms with Crippen LogP contribution in [0.3, 0.4) is 0 Å². The van der Waals surface area contributed by atoms with Gasteiger partial charge in [0, 0.05) is 37.9 Å². The molecule has 2 amide bonds. The fourth-order valence-corrected chi connectivity index (χ4v) is 4.23. The van der Waals surface area contributed by atoms with Gasteiger partial charge in [-0.2, -0.15) is 0 Å². The average Bonchev–Trinajstić information content (AvgIpc) is 3.23. The van der Waals surface area contributed by atoms with E-state index in [4.69, 9.17) is 0 Å². The van der Waals surface area contributed by atoms with Crippen LogP contribution in [-0.4, -0.2) is 45.9 Å². The van der Waals surface area contributed by atoms with Crippen molar-refractivity contribution in [3.63, 3.8) is 0 Å². The van der Waals surface area contributed by atoms with Crippen molar-refractivity contribution in [1.29, 1.82) is 0 Å². The summed E-state index contributed by atoms with van der Waals surface area (Å²) in [7, 11) is 0. The van der Waals surface area contributed by atoms with Crippen LogP contribution in [0.5, 0.6) is 0 Å². The van der Waals surface area contributed by atoms with Crippen molar-refractivity contribution >= 4 is 23.6 Å². The van der Waals surface area contributed by atoms with E-state index >= 15 is 0 Å². The SMILES string of the molecule is CSc1nnc(CCCNC(=O)CCCNC(=O)C2CC2)n1C1CCCC1. The van der Waals surface area contributed by atoms with Gasteiger partial charge in [0.15, 0.2) is 5.16 Å². The normalized spacial score (nSPS) is 17.2. The van der Waals surface area contributed by atoms with Gasteiger partial charge in [-0.05, 0) is 44.8 Å². The van der Waals surface area contributed by atoms with Crippen LogP contribution in [0.1, 0.15) is 69.7 Å². The Kier molecular flexibility index (Phi) is 7.55. The zero-order valence-electron chi connectivity index (χ0n) is 16.2. The lowest BCUT2D eigenvalue weighted by Crippen LogP contribution is -2.28. The van der Waals surface area contributed by atoms with Gasteiger partial charge in [-0.1, -0.05) is 24.6 Å². The van der Waals surface area contributed by atoms with E-state index in [1.165, 1.54) is 25.7 Å². The fraction of sp³-hybridized carbons (Fsp3) is 0.789. The number of carbonyl (C=O) groups is 2. The van der Waals surface area contributed by atoms with Crippen molar-refractivity contribution in [3.8, 4) is 0 Å². The molecule has 150 valence electrons. The molecule has 1 heterocycles. The first-order valence-corrected chi connectivity index (χ1v) is 11.4. The molecule has 0 spiro atoms. The quantitative estimate of drug-likeness (QED) is 0.445. The van der Waals surface area contributed by atoms with E-state index in [1.54, 1.807) is 11.8 Å². The topological polar surface area (TPSA) is 88.9 Å². The van der Waals surface area contributed by atoms with Crippen molar-refractivity contribution in [2.45, 2.75) is 75.4 Å². The van der Waals surface area contributed by atoms with Crippen LogP contribution in [0.4, 0.5) is 0 Å². The first kappa shape index (κ1) is 20.2. The number of rotatable bonds is 11. The molecule has 1 aromatic heterocycles. The number of nitrogens with one attached hydrogen (secondary N) is 2. The van der Waals surface area contributed by atoms with E-state index < -0.39 is 0 Å². The van der Waals surface area contributed by atoms with E-state index in [9.17, 15) is 9.59 Å². The standard InChI is InChI=1S/C19H31N5O2S/c1-27-19-23-22-16(24(19)15-6-2-3-7-15)8-4-12-20-17(25)9-5-13-21-18(26)14-10-11-14/h14-15H,2-13H2,1H3,(H,20,25)(H,21,26). The average molecular weight is 394 g/mol. The van der Waals surface area contributed by atoms with Gasteiger partial charge in [-0.15, -0.1) is 10.2 Å². The van der Waals surface area contributed by atoms with Gasteiger partial charge in [0.05, 0.1) is 0 Å². The lowest BCUT2D eigenvalue weighted by atomic mass is 10.2. The van der Waals surface area contributed by atoms with Gasteiger partial charge >= 0.3 is 0 Å². The molecule has 2 N–H and O–H groups in total. The smallest absolute Gasteiger partial charge is 0.223 e. The second-order valence-corrected chi connectivity index (χ2v) is 8.31. The van der Waals surface area contributed by atoms with E-state index in [0.29, 0.717) is 32.0 Å².